The Hall–Kier alpha value is -2.49. The SMILES string of the molecule is COc1cccc(C[C@@H](Oc2ccccc2)C(=O)O)c1. The van der Waals surface area contributed by atoms with Crippen molar-refractivity contribution in [3.8, 4) is 11.5 Å². The van der Waals surface area contributed by atoms with Crippen LogP contribution in [-0.4, -0.2) is 24.3 Å². The van der Waals surface area contributed by atoms with Crippen molar-refractivity contribution >= 4 is 5.97 Å². The van der Waals surface area contributed by atoms with E-state index in [1.165, 1.54) is 0 Å². The molecule has 0 unspecified atom stereocenters. The van der Waals surface area contributed by atoms with Gasteiger partial charge in [0.1, 0.15) is 11.5 Å². The van der Waals surface area contributed by atoms with E-state index in [4.69, 9.17) is 9.47 Å². The van der Waals surface area contributed by atoms with Crippen LogP contribution in [0.1, 0.15) is 5.56 Å². The minimum atomic E-state index is -0.989. The largest absolute Gasteiger partial charge is 0.497 e. The third-order valence-corrected chi connectivity index (χ3v) is 2.85. The van der Waals surface area contributed by atoms with E-state index < -0.39 is 12.1 Å². The molecule has 2 aromatic carbocycles. The molecular formula is C16H16O4. The standard InChI is InChI=1S/C16H16O4/c1-19-14-9-5-6-12(10-14)11-15(16(17)18)20-13-7-3-2-4-8-13/h2-10,15H,11H2,1H3,(H,17,18)/t15-/m1/s1. The highest BCUT2D eigenvalue weighted by Crippen LogP contribution is 2.17. The van der Waals surface area contributed by atoms with Gasteiger partial charge < -0.3 is 14.6 Å². The number of hydrogen-bond donors (Lipinski definition) is 1. The Morgan fingerprint density at radius 2 is 1.80 bits per heavy atom. The molecule has 0 spiro atoms. The van der Waals surface area contributed by atoms with Gasteiger partial charge >= 0.3 is 5.97 Å². The van der Waals surface area contributed by atoms with Crippen LogP contribution in [0, 0.1) is 0 Å². The van der Waals surface area contributed by atoms with Gasteiger partial charge in [0.05, 0.1) is 7.11 Å². The topological polar surface area (TPSA) is 55.8 Å². The second-order valence-electron chi connectivity index (χ2n) is 4.31. The van der Waals surface area contributed by atoms with Crippen molar-refractivity contribution in [3.05, 3.63) is 60.2 Å². The van der Waals surface area contributed by atoms with Crippen molar-refractivity contribution < 1.29 is 19.4 Å². The van der Waals surface area contributed by atoms with E-state index in [9.17, 15) is 9.90 Å². The van der Waals surface area contributed by atoms with Crippen LogP contribution in [-0.2, 0) is 11.2 Å². The van der Waals surface area contributed by atoms with Gasteiger partial charge in [-0.2, -0.15) is 0 Å². The Morgan fingerprint density at radius 1 is 1.10 bits per heavy atom. The molecule has 0 saturated heterocycles. The van der Waals surface area contributed by atoms with Crippen LogP contribution in [0.25, 0.3) is 0 Å². The van der Waals surface area contributed by atoms with Crippen LogP contribution in [0.5, 0.6) is 11.5 Å². The molecule has 104 valence electrons. The van der Waals surface area contributed by atoms with Gasteiger partial charge in [-0.3, -0.25) is 0 Å². The molecule has 1 N–H and O–H groups in total. The number of benzene rings is 2. The van der Waals surface area contributed by atoms with E-state index in [1.54, 1.807) is 31.4 Å². The summed E-state index contributed by atoms with van der Waals surface area (Å²) in [5, 5.41) is 9.27. The van der Waals surface area contributed by atoms with E-state index in [-0.39, 0.29) is 6.42 Å². The third-order valence-electron chi connectivity index (χ3n) is 2.85. The zero-order valence-corrected chi connectivity index (χ0v) is 11.2. The lowest BCUT2D eigenvalue weighted by Gasteiger charge is -2.15. The lowest BCUT2D eigenvalue weighted by atomic mass is 10.1. The first-order valence-electron chi connectivity index (χ1n) is 6.26. The van der Waals surface area contributed by atoms with Gasteiger partial charge in [0.25, 0.3) is 0 Å². The van der Waals surface area contributed by atoms with Gasteiger partial charge in [-0.25, -0.2) is 4.79 Å². The monoisotopic (exact) mass is 272 g/mol. The van der Waals surface area contributed by atoms with E-state index in [1.807, 2.05) is 30.3 Å². The second kappa shape index (κ2) is 6.61. The van der Waals surface area contributed by atoms with Gasteiger partial charge in [-0.05, 0) is 29.8 Å². The number of ether oxygens (including phenoxy) is 2. The van der Waals surface area contributed by atoms with Crippen LogP contribution >= 0.6 is 0 Å². The Balaban J connectivity index is 2.11. The minimum absolute atomic E-state index is 0.279. The maximum absolute atomic E-state index is 11.3. The predicted molar refractivity (Wildman–Crippen MR) is 75.2 cm³/mol. The number of hydrogen-bond acceptors (Lipinski definition) is 3. The summed E-state index contributed by atoms with van der Waals surface area (Å²) in [6, 6.07) is 16.2. The van der Waals surface area contributed by atoms with Crippen LogP contribution < -0.4 is 9.47 Å². The quantitative estimate of drug-likeness (QED) is 0.878. The Kier molecular flexibility index (Phi) is 4.60. The van der Waals surface area contributed by atoms with Gasteiger partial charge in [0.2, 0.25) is 0 Å². The molecule has 4 heteroatoms. The fourth-order valence-corrected chi connectivity index (χ4v) is 1.86. The van der Waals surface area contributed by atoms with Crippen LogP contribution in [0.4, 0.5) is 0 Å². The second-order valence-corrected chi connectivity index (χ2v) is 4.31. The summed E-state index contributed by atoms with van der Waals surface area (Å²) in [5.41, 5.74) is 0.854. The molecule has 4 nitrogen and oxygen atoms in total. The molecule has 2 rings (SSSR count). The summed E-state index contributed by atoms with van der Waals surface area (Å²) in [6.45, 7) is 0. The van der Waals surface area contributed by atoms with Crippen LogP contribution in [0.3, 0.4) is 0 Å². The van der Waals surface area contributed by atoms with Crippen LogP contribution in [0.2, 0.25) is 0 Å². The number of carbonyl (C=O) groups is 1. The summed E-state index contributed by atoms with van der Waals surface area (Å²) < 4.78 is 10.6. The number of rotatable bonds is 6. The van der Waals surface area contributed by atoms with Gasteiger partial charge in [0.15, 0.2) is 6.10 Å². The maximum Gasteiger partial charge on any atom is 0.345 e. The first-order valence-corrected chi connectivity index (χ1v) is 6.26. The van der Waals surface area contributed by atoms with Crippen molar-refractivity contribution in [1.82, 2.24) is 0 Å². The van der Waals surface area contributed by atoms with Crippen molar-refractivity contribution in [3.63, 3.8) is 0 Å². The molecule has 1 atom stereocenters. The normalized spacial score (nSPS) is 11.7. The molecule has 0 bridgehead atoms. The molecule has 20 heavy (non-hydrogen) atoms. The van der Waals surface area contributed by atoms with Crippen molar-refractivity contribution in [1.29, 1.82) is 0 Å². The molecule has 0 fully saturated rings. The Morgan fingerprint density at radius 3 is 2.45 bits per heavy atom. The molecule has 0 aliphatic heterocycles. The molecule has 2 aromatic rings. The third kappa shape index (κ3) is 3.75. The predicted octanol–water partition coefficient (Wildman–Crippen LogP) is 2.77. The fourth-order valence-electron chi connectivity index (χ4n) is 1.86. The minimum Gasteiger partial charge on any atom is -0.497 e. The van der Waals surface area contributed by atoms with E-state index in [0.717, 1.165) is 5.56 Å². The Labute approximate surface area is 117 Å². The zero-order valence-electron chi connectivity index (χ0n) is 11.2. The summed E-state index contributed by atoms with van der Waals surface area (Å²) in [4.78, 5) is 11.3. The molecule has 0 aliphatic carbocycles. The molecule has 0 saturated carbocycles. The number of carboxylic acid groups (broad SMARTS) is 1. The average Bonchev–Trinajstić information content (AvgIpc) is 2.48. The van der Waals surface area contributed by atoms with Crippen molar-refractivity contribution in [2.45, 2.75) is 12.5 Å². The van der Waals surface area contributed by atoms with Gasteiger partial charge in [0, 0.05) is 6.42 Å². The number of para-hydroxylation sites is 1. The first kappa shape index (κ1) is 13.9. The van der Waals surface area contributed by atoms with Gasteiger partial charge in [-0.1, -0.05) is 30.3 Å². The first-order chi connectivity index (χ1) is 9.69. The number of methoxy groups -OCH3 is 1. The van der Waals surface area contributed by atoms with E-state index in [2.05, 4.69) is 0 Å². The molecule has 0 aliphatic rings. The summed E-state index contributed by atoms with van der Waals surface area (Å²) in [7, 11) is 1.58. The number of carboxylic acids is 1. The highest BCUT2D eigenvalue weighted by Gasteiger charge is 2.20. The zero-order chi connectivity index (χ0) is 14.4. The summed E-state index contributed by atoms with van der Waals surface area (Å²) in [6.07, 6.45) is -0.647. The highest BCUT2D eigenvalue weighted by atomic mass is 16.5. The van der Waals surface area contributed by atoms with Gasteiger partial charge in [-0.15, -0.1) is 0 Å². The smallest absolute Gasteiger partial charge is 0.345 e. The molecule has 0 heterocycles. The lowest BCUT2D eigenvalue weighted by Crippen LogP contribution is -2.29. The van der Waals surface area contributed by atoms with E-state index in [0.29, 0.717) is 11.5 Å². The fraction of sp³-hybridized carbons (Fsp3) is 0.188. The molecule has 0 radical (unpaired) electrons. The van der Waals surface area contributed by atoms with Crippen molar-refractivity contribution in [2.75, 3.05) is 7.11 Å². The summed E-state index contributed by atoms with van der Waals surface area (Å²) in [5.74, 6) is 0.255. The van der Waals surface area contributed by atoms with E-state index >= 15 is 0 Å². The lowest BCUT2D eigenvalue weighted by molar-refractivity contribution is -0.145. The maximum atomic E-state index is 11.3. The average molecular weight is 272 g/mol. The van der Waals surface area contributed by atoms with Crippen LogP contribution in [0.15, 0.2) is 54.6 Å². The number of aliphatic carboxylic acids is 1. The molecule has 0 aromatic heterocycles. The van der Waals surface area contributed by atoms with Crippen molar-refractivity contribution in [2.24, 2.45) is 0 Å². The Bertz CT molecular complexity index is 566. The highest BCUT2D eigenvalue weighted by molar-refractivity contribution is 5.73. The molecular weight excluding hydrogens is 256 g/mol. The summed E-state index contributed by atoms with van der Waals surface area (Å²) >= 11 is 0. The molecule has 0 amide bonds.